The molecule has 1 atom stereocenters. The molecule has 4 heteroatoms. The molecule has 0 fully saturated rings. The molecule has 18 heavy (non-hydrogen) atoms. The number of aliphatic carboxylic acids is 1. The largest absolute Gasteiger partial charge is 0.497 e. The molecule has 1 N–H and O–H groups in total. The molecule has 0 radical (unpaired) electrons. The summed E-state index contributed by atoms with van der Waals surface area (Å²) in [5, 5.41) is 9.13. The van der Waals surface area contributed by atoms with Crippen LogP contribution in [0.2, 0.25) is 0 Å². The summed E-state index contributed by atoms with van der Waals surface area (Å²) in [6, 6.07) is 7.24. The zero-order valence-electron chi connectivity index (χ0n) is 11.1. The maximum absolute atomic E-state index is 11.1. The van der Waals surface area contributed by atoms with Crippen LogP contribution in [0.25, 0.3) is 0 Å². The maximum atomic E-state index is 11.1. The van der Waals surface area contributed by atoms with Crippen LogP contribution in [0.15, 0.2) is 24.3 Å². The predicted octanol–water partition coefficient (Wildman–Crippen LogP) is 2.97. The van der Waals surface area contributed by atoms with Crippen LogP contribution < -0.4 is 9.47 Å². The van der Waals surface area contributed by atoms with Gasteiger partial charge in [0.15, 0.2) is 0 Å². The molecule has 0 spiro atoms. The molecule has 0 saturated carbocycles. The summed E-state index contributed by atoms with van der Waals surface area (Å²) in [5.74, 6) is 0.717. The summed E-state index contributed by atoms with van der Waals surface area (Å²) in [6.07, 6.45) is 1.08. The third-order valence-electron chi connectivity index (χ3n) is 3.28. The Kier molecular flexibility index (Phi) is 5.01. The highest BCUT2D eigenvalue weighted by Gasteiger charge is 2.30. The molecule has 1 aromatic rings. The number of hydrogen-bond acceptors (Lipinski definition) is 3. The zero-order valence-corrected chi connectivity index (χ0v) is 11.1. The Balaban J connectivity index is 2.47. The highest BCUT2D eigenvalue weighted by molar-refractivity contribution is 5.73. The van der Waals surface area contributed by atoms with Crippen molar-refractivity contribution in [2.75, 3.05) is 13.7 Å². The first-order valence-electron chi connectivity index (χ1n) is 6.02. The molecule has 100 valence electrons. The molecule has 0 aliphatic carbocycles. The van der Waals surface area contributed by atoms with Crippen LogP contribution in [0.3, 0.4) is 0 Å². The van der Waals surface area contributed by atoms with Crippen molar-refractivity contribution >= 4 is 5.97 Å². The van der Waals surface area contributed by atoms with Crippen LogP contribution >= 0.6 is 0 Å². The fourth-order valence-electron chi connectivity index (χ4n) is 1.50. The van der Waals surface area contributed by atoms with Gasteiger partial charge in [-0.15, -0.1) is 0 Å². The number of carboxylic acid groups (broad SMARTS) is 1. The van der Waals surface area contributed by atoms with E-state index >= 15 is 0 Å². The van der Waals surface area contributed by atoms with Crippen LogP contribution in [-0.2, 0) is 4.79 Å². The molecule has 0 saturated heterocycles. The Morgan fingerprint density at radius 2 is 1.83 bits per heavy atom. The summed E-state index contributed by atoms with van der Waals surface area (Å²) in [4.78, 5) is 11.1. The van der Waals surface area contributed by atoms with Gasteiger partial charge in [0, 0.05) is 0 Å². The van der Waals surface area contributed by atoms with Crippen molar-refractivity contribution in [3.8, 4) is 11.5 Å². The molecule has 1 unspecified atom stereocenters. The van der Waals surface area contributed by atoms with Crippen LogP contribution in [0.4, 0.5) is 0 Å². The van der Waals surface area contributed by atoms with E-state index in [4.69, 9.17) is 14.6 Å². The van der Waals surface area contributed by atoms with E-state index in [-0.39, 0.29) is 0 Å². The predicted molar refractivity (Wildman–Crippen MR) is 69.1 cm³/mol. The SMILES string of the molecule is CCC(C)(CCOc1ccc(OC)cc1)C(=O)O. The normalized spacial score (nSPS) is 13.7. The van der Waals surface area contributed by atoms with E-state index in [0.29, 0.717) is 19.4 Å². The smallest absolute Gasteiger partial charge is 0.309 e. The van der Waals surface area contributed by atoms with Crippen molar-refractivity contribution in [3.05, 3.63) is 24.3 Å². The first-order chi connectivity index (χ1) is 8.51. The van der Waals surface area contributed by atoms with Gasteiger partial charge in [-0.2, -0.15) is 0 Å². The number of methoxy groups -OCH3 is 1. The Labute approximate surface area is 108 Å². The minimum absolute atomic E-state index is 0.392. The Morgan fingerprint density at radius 1 is 1.28 bits per heavy atom. The van der Waals surface area contributed by atoms with E-state index in [1.165, 1.54) is 0 Å². The molecule has 0 amide bonds. The lowest BCUT2D eigenvalue weighted by molar-refractivity contribution is -0.148. The fraction of sp³-hybridized carbons (Fsp3) is 0.500. The molecule has 0 aliphatic rings. The van der Waals surface area contributed by atoms with Crippen LogP contribution in [0.5, 0.6) is 11.5 Å². The van der Waals surface area contributed by atoms with Crippen molar-refractivity contribution in [1.82, 2.24) is 0 Å². The van der Waals surface area contributed by atoms with Crippen LogP contribution in [-0.4, -0.2) is 24.8 Å². The number of hydrogen-bond donors (Lipinski definition) is 1. The Bertz CT molecular complexity index is 385. The summed E-state index contributed by atoms with van der Waals surface area (Å²) >= 11 is 0. The number of carbonyl (C=O) groups is 1. The van der Waals surface area contributed by atoms with Crippen molar-refractivity contribution in [1.29, 1.82) is 0 Å². The lowest BCUT2D eigenvalue weighted by Gasteiger charge is -2.22. The highest BCUT2D eigenvalue weighted by atomic mass is 16.5. The number of rotatable bonds is 7. The van der Waals surface area contributed by atoms with Crippen LogP contribution in [0, 0.1) is 5.41 Å². The summed E-state index contributed by atoms with van der Waals surface area (Å²) in [7, 11) is 1.61. The highest BCUT2D eigenvalue weighted by Crippen LogP contribution is 2.26. The zero-order chi connectivity index (χ0) is 13.6. The third kappa shape index (κ3) is 3.65. The van der Waals surface area contributed by atoms with E-state index in [2.05, 4.69) is 0 Å². The Morgan fingerprint density at radius 3 is 2.28 bits per heavy atom. The van der Waals surface area contributed by atoms with Gasteiger partial charge in [0.2, 0.25) is 0 Å². The van der Waals surface area contributed by atoms with Gasteiger partial charge in [-0.1, -0.05) is 6.92 Å². The molecular formula is C14H20O4. The summed E-state index contributed by atoms with van der Waals surface area (Å²) < 4.78 is 10.6. The number of benzene rings is 1. The monoisotopic (exact) mass is 252 g/mol. The van der Waals surface area contributed by atoms with Gasteiger partial charge >= 0.3 is 5.97 Å². The lowest BCUT2D eigenvalue weighted by atomic mass is 9.84. The molecule has 0 heterocycles. The van der Waals surface area contributed by atoms with Gasteiger partial charge < -0.3 is 14.6 Å². The van der Waals surface area contributed by atoms with Gasteiger partial charge in [-0.05, 0) is 44.0 Å². The van der Waals surface area contributed by atoms with Crippen molar-refractivity contribution in [3.63, 3.8) is 0 Å². The second-order valence-corrected chi connectivity index (χ2v) is 4.49. The summed E-state index contributed by atoms with van der Waals surface area (Å²) in [5.41, 5.74) is -0.716. The van der Waals surface area contributed by atoms with Crippen molar-refractivity contribution in [2.24, 2.45) is 5.41 Å². The molecule has 0 bridgehead atoms. The molecule has 4 nitrogen and oxygen atoms in total. The molecular weight excluding hydrogens is 232 g/mol. The molecule has 0 aromatic heterocycles. The summed E-state index contributed by atoms with van der Waals surface area (Å²) in [6.45, 7) is 4.01. The fourth-order valence-corrected chi connectivity index (χ4v) is 1.50. The maximum Gasteiger partial charge on any atom is 0.309 e. The van der Waals surface area contributed by atoms with E-state index in [0.717, 1.165) is 11.5 Å². The molecule has 1 aromatic carbocycles. The van der Waals surface area contributed by atoms with Gasteiger partial charge in [0.1, 0.15) is 11.5 Å². The first-order valence-corrected chi connectivity index (χ1v) is 6.02. The van der Waals surface area contributed by atoms with Gasteiger partial charge in [-0.3, -0.25) is 4.79 Å². The first kappa shape index (κ1) is 14.4. The number of carboxylic acids is 1. The second kappa shape index (κ2) is 6.28. The third-order valence-corrected chi connectivity index (χ3v) is 3.28. The van der Waals surface area contributed by atoms with E-state index in [9.17, 15) is 4.79 Å². The van der Waals surface area contributed by atoms with E-state index < -0.39 is 11.4 Å². The second-order valence-electron chi connectivity index (χ2n) is 4.49. The van der Waals surface area contributed by atoms with Gasteiger partial charge in [0.05, 0.1) is 19.1 Å². The minimum atomic E-state index is -0.775. The Hall–Kier alpha value is -1.71. The average Bonchev–Trinajstić information content (AvgIpc) is 2.39. The van der Waals surface area contributed by atoms with Crippen LogP contribution in [0.1, 0.15) is 26.7 Å². The molecule has 1 rings (SSSR count). The van der Waals surface area contributed by atoms with E-state index in [1.54, 1.807) is 14.0 Å². The van der Waals surface area contributed by atoms with Gasteiger partial charge in [0.25, 0.3) is 0 Å². The quantitative estimate of drug-likeness (QED) is 0.810. The topological polar surface area (TPSA) is 55.8 Å². The lowest BCUT2D eigenvalue weighted by Crippen LogP contribution is -2.28. The van der Waals surface area contributed by atoms with E-state index in [1.807, 2.05) is 31.2 Å². The average molecular weight is 252 g/mol. The van der Waals surface area contributed by atoms with Gasteiger partial charge in [-0.25, -0.2) is 0 Å². The molecule has 0 aliphatic heterocycles. The van der Waals surface area contributed by atoms with Crippen molar-refractivity contribution < 1.29 is 19.4 Å². The van der Waals surface area contributed by atoms with Crippen molar-refractivity contribution in [2.45, 2.75) is 26.7 Å². The minimum Gasteiger partial charge on any atom is -0.497 e. The number of ether oxygens (including phenoxy) is 2. The standard InChI is InChI=1S/C14H20O4/c1-4-14(2,13(15)16)9-10-18-12-7-5-11(17-3)6-8-12/h5-8H,4,9-10H2,1-3H3,(H,15,16).